The van der Waals surface area contributed by atoms with Crippen LogP contribution in [0.2, 0.25) is 0 Å². The molecule has 1 atom stereocenters. The van der Waals surface area contributed by atoms with E-state index in [1.807, 2.05) is 18.2 Å². The highest BCUT2D eigenvalue weighted by Gasteiger charge is 2.25. The molecule has 1 heterocycles. The van der Waals surface area contributed by atoms with Crippen LogP contribution in [0.5, 0.6) is 0 Å². The molecule has 1 aliphatic carbocycles. The van der Waals surface area contributed by atoms with Gasteiger partial charge in [0.25, 0.3) is 0 Å². The van der Waals surface area contributed by atoms with E-state index in [0.717, 1.165) is 34.7 Å². The van der Waals surface area contributed by atoms with Gasteiger partial charge in [-0.15, -0.1) is 0 Å². The maximum Gasteiger partial charge on any atom is 0.137 e. The maximum atomic E-state index is 5.79. The number of hydrogen-bond donors (Lipinski definition) is 2. The summed E-state index contributed by atoms with van der Waals surface area (Å²) < 4.78 is 0. The lowest BCUT2D eigenvalue weighted by molar-refractivity contribution is 0.585. The molecule has 0 bridgehead atoms. The first-order chi connectivity index (χ1) is 9.26. The van der Waals surface area contributed by atoms with Gasteiger partial charge in [-0.05, 0) is 37.0 Å². The fourth-order valence-corrected chi connectivity index (χ4v) is 2.47. The predicted molar refractivity (Wildman–Crippen MR) is 79.0 cm³/mol. The van der Waals surface area contributed by atoms with Crippen molar-refractivity contribution >= 4 is 22.4 Å². The van der Waals surface area contributed by atoms with Crippen LogP contribution < -0.4 is 11.1 Å². The molecule has 1 unspecified atom stereocenters. The number of rotatable bonds is 5. The minimum atomic E-state index is 0.503. The monoisotopic (exact) mass is 256 g/mol. The van der Waals surface area contributed by atoms with E-state index in [9.17, 15) is 0 Å². The molecule has 0 amide bonds. The summed E-state index contributed by atoms with van der Waals surface area (Å²) in [6.07, 6.45) is 6.75. The molecule has 1 aliphatic rings. The van der Waals surface area contributed by atoms with E-state index < -0.39 is 0 Å². The molecule has 4 heteroatoms. The zero-order valence-electron chi connectivity index (χ0n) is 11.3. The summed E-state index contributed by atoms with van der Waals surface area (Å²) in [4.78, 5) is 8.67. The number of nitrogen functional groups attached to an aromatic ring is 1. The van der Waals surface area contributed by atoms with Gasteiger partial charge in [0.1, 0.15) is 12.1 Å². The average Bonchev–Trinajstić information content (AvgIpc) is 3.21. The Morgan fingerprint density at radius 3 is 2.95 bits per heavy atom. The van der Waals surface area contributed by atoms with E-state index in [1.165, 1.54) is 19.3 Å². The van der Waals surface area contributed by atoms with Crippen molar-refractivity contribution in [1.82, 2.24) is 9.97 Å². The molecule has 0 saturated heterocycles. The highest BCUT2D eigenvalue weighted by molar-refractivity contribution is 5.90. The van der Waals surface area contributed by atoms with Gasteiger partial charge in [-0.2, -0.15) is 0 Å². The van der Waals surface area contributed by atoms with E-state index in [2.05, 4.69) is 22.2 Å². The number of nitrogens with zero attached hydrogens (tertiary/aromatic N) is 2. The Kier molecular flexibility index (Phi) is 3.23. The quantitative estimate of drug-likeness (QED) is 0.806. The molecule has 19 heavy (non-hydrogen) atoms. The summed E-state index contributed by atoms with van der Waals surface area (Å²) >= 11 is 0. The molecule has 0 spiro atoms. The van der Waals surface area contributed by atoms with Crippen LogP contribution in [-0.2, 0) is 0 Å². The Labute approximate surface area is 113 Å². The zero-order valence-corrected chi connectivity index (χ0v) is 11.3. The highest BCUT2D eigenvalue weighted by atomic mass is 15.0. The zero-order chi connectivity index (χ0) is 13.2. The Hall–Kier alpha value is -1.84. The van der Waals surface area contributed by atoms with Gasteiger partial charge in [-0.1, -0.05) is 19.8 Å². The first-order valence-corrected chi connectivity index (χ1v) is 7.03. The number of aromatic nitrogens is 2. The lowest BCUT2D eigenvalue weighted by atomic mass is 10.1. The summed E-state index contributed by atoms with van der Waals surface area (Å²) in [7, 11) is 0. The van der Waals surface area contributed by atoms with E-state index in [1.54, 1.807) is 6.33 Å². The van der Waals surface area contributed by atoms with Crippen molar-refractivity contribution in [1.29, 1.82) is 0 Å². The van der Waals surface area contributed by atoms with Gasteiger partial charge in [0.05, 0.1) is 5.52 Å². The fourth-order valence-electron chi connectivity index (χ4n) is 2.47. The van der Waals surface area contributed by atoms with Crippen LogP contribution >= 0.6 is 0 Å². The topological polar surface area (TPSA) is 63.8 Å². The van der Waals surface area contributed by atoms with Crippen molar-refractivity contribution in [3.05, 3.63) is 24.5 Å². The largest absolute Gasteiger partial charge is 0.399 e. The molecule has 1 aromatic carbocycles. The standard InChI is InChI=1S/C15H20N4/c1-2-12(7-10-3-4-10)19-15-13-6-5-11(16)8-14(13)17-9-18-15/h5-6,8-10,12H,2-4,7,16H2,1H3,(H,17,18,19). The summed E-state index contributed by atoms with van der Waals surface area (Å²) in [5.74, 6) is 1.85. The van der Waals surface area contributed by atoms with Crippen molar-refractivity contribution < 1.29 is 0 Å². The Morgan fingerprint density at radius 2 is 2.21 bits per heavy atom. The van der Waals surface area contributed by atoms with Crippen molar-refractivity contribution in [3.8, 4) is 0 Å². The minimum Gasteiger partial charge on any atom is -0.399 e. The van der Waals surface area contributed by atoms with E-state index in [0.29, 0.717) is 6.04 Å². The lowest BCUT2D eigenvalue weighted by Gasteiger charge is -2.18. The second-order valence-electron chi connectivity index (χ2n) is 5.43. The van der Waals surface area contributed by atoms with Crippen LogP contribution in [0.25, 0.3) is 10.9 Å². The minimum absolute atomic E-state index is 0.503. The molecule has 1 fully saturated rings. The first kappa shape index (κ1) is 12.2. The number of nitrogens with two attached hydrogens (primary N) is 1. The Bertz CT molecular complexity index is 577. The third kappa shape index (κ3) is 2.78. The van der Waals surface area contributed by atoms with Crippen molar-refractivity contribution in [3.63, 3.8) is 0 Å². The summed E-state index contributed by atoms with van der Waals surface area (Å²) in [5, 5.41) is 4.62. The number of fused-ring (bicyclic) bond motifs is 1. The van der Waals surface area contributed by atoms with Crippen LogP contribution in [0.4, 0.5) is 11.5 Å². The first-order valence-electron chi connectivity index (χ1n) is 7.03. The van der Waals surface area contributed by atoms with Gasteiger partial charge >= 0.3 is 0 Å². The molecular weight excluding hydrogens is 236 g/mol. The van der Waals surface area contributed by atoms with Gasteiger partial charge in [-0.3, -0.25) is 0 Å². The van der Waals surface area contributed by atoms with Crippen molar-refractivity contribution in [2.45, 2.75) is 38.6 Å². The molecule has 100 valence electrons. The van der Waals surface area contributed by atoms with Gasteiger partial charge in [-0.25, -0.2) is 9.97 Å². The summed E-state index contributed by atoms with van der Waals surface area (Å²) in [5.41, 5.74) is 7.43. The molecule has 3 N–H and O–H groups in total. The summed E-state index contributed by atoms with van der Waals surface area (Å²) in [6, 6.07) is 6.29. The van der Waals surface area contributed by atoms with E-state index in [4.69, 9.17) is 5.73 Å². The lowest BCUT2D eigenvalue weighted by Crippen LogP contribution is -2.20. The maximum absolute atomic E-state index is 5.79. The Balaban J connectivity index is 1.86. The molecule has 0 radical (unpaired) electrons. The van der Waals surface area contributed by atoms with Gasteiger partial charge in [0.2, 0.25) is 0 Å². The van der Waals surface area contributed by atoms with Crippen LogP contribution in [0.3, 0.4) is 0 Å². The smallest absolute Gasteiger partial charge is 0.137 e. The number of nitrogens with one attached hydrogen (secondary N) is 1. The van der Waals surface area contributed by atoms with E-state index >= 15 is 0 Å². The normalized spacial score (nSPS) is 16.5. The fraction of sp³-hybridized carbons (Fsp3) is 0.467. The Morgan fingerprint density at radius 1 is 1.37 bits per heavy atom. The number of hydrogen-bond acceptors (Lipinski definition) is 4. The highest BCUT2D eigenvalue weighted by Crippen LogP contribution is 2.35. The second kappa shape index (κ2) is 5.03. The molecule has 1 aromatic heterocycles. The molecule has 1 saturated carbocycles. The number of benzene rings is 1. The van der Waals surface area contributed by atoms with Crippen LogP contribution in [0.1, 0.15) is 32.6 Å². The average molecular weight is 256 g/mol. The van der Waals surface area contributed by atoms with Gasteiger partial charge in [0.15, 0.2) is 0 Å². The molecule has 4 nitrogen and oxygen atoms in total. The molecule has 0 aliphatic heterocycles. The third-order valence-corrected chi connectivity index (χ3v) is 3.81. The molecule has 3 rings (SSSR count). The van der Waals surface area contributed by atoms with Crippen LogP contribution in [-0.4, -0.2) is 16.0 Å². The van der Waals surface area contributed by atoms with E-state index in [-0.39, 0.29) is 0 Å². The number of anilines is 2. The van der Waals surface area contributed by atoms with Gasteiger partial charge in [0, 0.05) is 17.1 Å². The van der Waals surface area contributed by atoms with Crippen LogP contribution in [0, 0.1) is 5.92 Å². The molecular formula is C15H20N4. The molecule has 2 aromatic rings. The third-order valence-electron chi connectivity index (χ3n) is 3.81. The van der Waals surface area contributed by atoms with Crippen LogP contribution in [0.15, 0.2) is 24.5 Å². The van der Waals surface area contributed by atoms with Crippen molar-refractivity contribution in [2.24, 2.45) is 5.92 Å². The second-order valence-corrected chi connectivity index (χ2v) is 5.43. The van der Waals surface area contributed by atoms with Crippen molar-refractivity contribution in [2.75, 3.05) is 11.1 Å². The van der Waals surface area contributed by atoms with Gasteiger partial charge < -0.3 is 11.1 Å². The summed E-state index contributed by atoms with van der Waals surface area (Å²) in [6.45, 7) is 2.22. The SMILES string of the molecule is CCC(CC1CC1)Nc1ncnc2cc(N)ccc12. The predicted octanol–water partition coefficient (Wildman–Crippen LogP) is 3.20.